The first kappa shape index (κ1) is 17.1. The van der Waals surface area contributed by atoms with E-state index in [1.54, 1.807) is 24.3 Å². The quantitative estimate of drug-likeness (QED) is 0.781. The number of carbonyl (C=O) groups excluding carboxylic acids is 2. The third-order valence-corrected chi connectivity index (χ3v) is 6.81. The summed E-state index contributed by atoms with van der Waals surface area (Å²) in [5, 5.41) is 2.85. The summed E-state index contributed by atoms with van der Waals surface area (Å²) in [6, 6.07) is 14.8. The van der Waals surface area contributed by atoms with Crippen LogP contribution in [0.25, 0.3) is 0 Å². The maximum Gasteiger partial charge on any atom is 0.255 e. The van der Waals surface area contributed by atoms with Crippen LogP contribution in [0.2, 0.25) is 0 Å². The fraction of sp³-hybridized carbons (Fsp3) is 0.263. The van der Waals surface area contributed by atoms with Gasteiger partial charge in [0.15, 0.2) is 5.78 Å². The van der Waals surface area contributed by atoms with Crippen molar-refractivity contribution in [2.24, 2.45) is 0 Å². The molecule has 0 aliphatic carbocycles. The smallest absolute Gasteiger partial charge is 0.255 e. The lowest BCUT2D eigenvalue weighted by Gasteiger charge is -2.21. The summed E-state index contributed by atoms with van der Waals surface area (Å²) < 4.78 is 0.475. The molecule has 0 atom stereocenters. The van der Waals surface area contributed by atoms with Gasteiger partial charge in [0.05, 0.1) is 4.58 Å². The number of hydrogen-bond donors (Lipinski definition) is 1. The Kier molecular flexibility index (Phi) is 5.63. The number of amides is 1. The van der Waals surface area contributed by atoms with E-state index in [0.717, 1.165) is 0 Å². The van der Waals surface area contributed by atoms with E-state index in [-0.39, 0.29) is 11.7 Å². The lowest BCUT2D eigenvalue weighted by atomic mass is 10.1. The molecule has 1 aliphatic heterocycles. The van der Waals surface area contributed by atoms with Gasteiger partial charge in [-0.15, -0.1) is 23.5 Å². The zero-order valence-corrected chi connectivity index (χ0v) is 15.1. The first-order chi connectivity index (χ1) is 11.6. The van der Waals surface area contributed by atoms with Crippen LogP contribution in [0, 0.1) is 0 Å². The highest BCUT2D eigenvalue weighted by atomic mass is 32.2. The molecule has 3 nitrogen and oxygen atoms in total. The van der Waals surface area contributed by atoms with Gasteiger partial charge in [-0.3, -0.25) is 9.59 Å². The molecule has 1 amide bonds. The largest absolute Gasteiger partial charge is 0.322 e. The number of carbonyl (C=O) groups is 2. The molecule has 24 heavy (non-hydrogen) atoms. The fourth-order valence-corrected chi connectivity index (χ4v) is 5.39. The minimum absolute atomic E-state index is 0.0158. The SMILES string of the molecule is CC(=O)c1cccc(NC(=O)c2ccc(C3SCCCS3)cc2)c1. The summed E-state index contributed by atoms with van der Waals surface area (Å²) in [4.78, 5) is 23.8. The highest BCUT2D eigenvalue weighted by molar-refractivity contribution is 8.16. The first-order valence-electron chi connectivity index (χ1n) is 7.89. The van der Waals surface area contributed by atoms with E-state index in [1.807, 2.05) is 47.8 Å². The fourth-order valence-electron chi connectivity index (χ4n) is 2.49. The number of ketones is 1. The number of nitrogens with one attached hydrogen (secondary N) is 1. The molecule has 1 heterocycles. The van der Waals surface area contributed by atoms with Crippen LogP contribution in [0.3, 0.4) is 0 Å². The maximum absolute atomic E-state index is 12.4. The van der Waals surface area contributed by atoms with Gasteiger partial charge < -0.3 is 5.32 Å². The molecule has 2 aromatic rings. The van der Waals surface area contributed by atoms with Crippen molar-refractivity contribution in [1.29, 1.82) is 0 Å². The van der Waals surface area contributed by atoms with Gasteiger partial charge in [0, 0.05) is 16.8 Å². The van der Waals surface area contributed by atoms with E-state index in [1.165, 1.54) is 30.4 Å². The van der Waals surface area contributed by atoms with Crippen molar-refractivity contribution in [1.82, 2.24) is 0 Å². The molecule has 2 aromatic carbocycles. The highest BCUT2D eigenvalue weighted by Crippen LogP contribution is 2.43. The van der Waals surface area contributed by atoms with Crippen LogP contribution >= 0.6 is 23.5 Å². The van der Waals surface area contributed by atoms with Crippen LogP contribution < -0.4 is 5.32 Å². The second kappa shape index (κ2) is 7.90. The Morgan fingerprint density at radius 1 is 1.00 bits per heavy atom. The van der Waals surface area contributed by atoms with Crippen molar-refractivity contribution in [3.05, 3.63) is 65.2 Å². The van der Waals surface area contributed by atoms with Crippen molar-refractivity contribution >= 4 is 40.9 Å². The number of Topliss-reactive ketones (excluding diaryl/α,β-unsaturated/α-hetero) is 1. The lowest BCUT2D eigenvalue weighted by molar-refractivity contribution is 0.101. The molecule has 0 aromatic heterocycles. The van der Waals surface area contributed by atoms with Gasteiger partial charge in [-0.2, -0.15) is 0 Å². The van der Waals surface area contributed by atoms with E-state index < -0.39 is 0 Å². The third-order valence-electron chi connectivity index (χ3n) is 3.80. The van der Waals surface area contributed by atoms with Crippen LogP contribution in [0.15, 0.2) is 48.5 Å². The molecule has 124 valence electrons. The van der Waals surface area contributed by atoms with Gasteiger partial charge in [-0.25, -0.2) is 0 Å². The summed E-state index contributed by atoms with van der Waals surface area (Å²) in [5.74, 6) is 2.22. The van der Waals surface area contributed by atoms with E-state index >= 15 is 0 Å². The minimum Gasteiger partial charge on any atom is -0.322 e. The Balaban J connectivity index is 1.68. The van der Waals surface area contributed by atoms with Gasteiger partial charge in [-0.1, -0.05) is 24.3 Å². The molecule has 0 radical (unpaired) electrons. The summed E-state index contributed by atoms with van der Waals surface area (Å²) in [7, 11) is 0. The molecule has 1 N–H and O–H groups in total. The van der Waals surface area contributed by atoms with Crippen LogP contribution in [-0.4, -0.2) is 23.2 Å². The van der Waals surface area contributed by atoms with Gasteiger partial charge in [-0.05, 0) is 54.7 Å². The number of rotatable bonds is 4. The van der Waals surface area contributed by atoms with Crippen molar-refractivity contribution in [3.8, 4) is 0 Å². The van der Waals surface area contributed by atoms with Crippen LogP contribution in [0.5, 0.6) is 0 Å². The molecular weight excluding hydrogens is 338 g/mol. The Morgan fingerprint density at radius 2 is 1.71 bits per heavy atom. The van der Waals surface area contributed by atoms with Crippen molar-refractivity contribution in [2.45, 2.75) is 17.9 Å². The van der Waals surface area contributed by atoms with E-state index in [9.17, 15) is 9.59 Å². The molecule has 1 aliphatic rings. The topological polar surface area (TPSA) is 46.2 Å². The van der Waals surface area contributed by atoms with E-state index in [2.05, 4.69) is 5.32 Å². The molecule has 5 heteroatoms. The monoisotopic (exact) mass is 357 g/mol. The molecule has 1 fully saturated rings. The normalized spacial score (nSPS) is 15.0. The Hall–Kier alpha value is -1.72. The van der Waals surface area contributed by atoms with Crippen molar-refractivity contribution in [2.75, 3.05) is 16.8 Å². The molecule has 0 spiro atoms. The number of hydrogen-bond acceptors (Lipinski definition) is 4. The van der Waals surface area contributed by atoms with Gasteiger partial charge in [0.25, 0.3) is 5.91 Å². The summed E-state index contributed by atoms with van der Waals surface area (Å²) in [6.07, 6.45) is 1.27. The zero-order valence-electron chi connectivity index (χ0n) is 13.5. The zero-order chi connectivity index (χ0) is 16.9. The number of thioether (sulfide) groups is 2. The Labute approximate surface area is 150 Å². The lowest BCUT2D eigenvalue weighted by Crippen LogP contribution is -2.12. The van der Waals surface area contributed by atoms with Crippen molar-refractivity contribution < 1.29 is 9.59 Å². The molecule has 0 bridgehead atoms. The maximum atomic E-state index is 12.4. The molecular formula is C19H19NO2S2. The Morgan fingerprint density at radius 3 is 2.38 bits per heavy atom. The third kappa shape index (κ3) is 4.22. The molecule has 3 rings (SSSR count). The van der Waals surface area contributed by atoms with Crippen LogP contribution in [0.4, 0.5) is 5.69 Å². The van der Waals surface area contributed by atoms with E-state index in [0.29, 0.717) is 21.4 Å². The highest BCUT2D eigenvalue weighted by Gasteiger charge is 2.17. The summed E-state index contributed by atoms with van der Waals surface area (Å²) in [6.45, 7) is 1.51. The molecule has 0 unspecified atom stereocenters. The predicted molar refractivity (Wildman–Crippen MR) is 103 cm³/mol. The number of benzene rings is 2. The van der Waals surface area contributed by atoms with Gasteiger partial charge in [0.1, 0.15) is 0 Å². The van der Waals surface area contributed by atoms with E-state index in [4.69, 9.17) is 0 Å². The second-order valence-corrected chi connectivity index (χ2v) is 8.36. The van der Waals surface area contributed by atoms with Gasteiger partial charge >= 0.3 is 0 Å². The summed E-state index contributed by atoms with van der Waals surface area (Å²) >= 11 is 3.94. The van der Waals surface area contributed by atoms with Crippen LogP contribution in [-0.2, 0) is 0 Å². The average Bonchev–Trinajstić information content (AvgIpc) is 2.63. The molecule has 1 saturated heterocycles. The number of anilines is 1. The predicted octanol–water partition coefficient (Wildman–Crippen LogP) is 5.01. The second-order valence-electron chi connectivity index (χ2n) is 5.64. The van der Waals surface area contributed by atoms with Crippen LogP contribution in [0.1, 0.15) is 44.2 Å². The molecule has 0 saturated carbocycles. The summed E-state index contributed by atoms with van der Waals surface area (Å²) in [5.41, 5.74) is 3.11. The Bertz CT molecular complexity index is 737. The average molecular weight is 358 g/mol. The standard InChI is InChI=1S/C19H19NO2S2/c1-13(21)16-4-2-5-17(12-16)20-18(22)14-6-8-15(9-7-14)19-23-10-3-11-24-19/h2,4-9,12,19H,3,10-11H2,1H3,(H,20,22). The first-order valence-corrected chi connectivity index (χ1v) is 9.99. The van der Waals surface area contributed by atoms with Gasteiger partial charge in [0.2, 0.25) is 0 Å². The van der Waals surface area contributed by atoms with Crippen molar-refractivity contribution in [3.63, 3.8) is 0 Å². The minimum atomic E-state index is -0.161.